The van der Waals surface area contributed by atoms with Crippen LogP contribution in [-0.4, -0.2) is 54.7 Å². The summed E-state index contributed by atoms with van der Waals surface area (Å²) in [5, 5.41) is 3.00. The molecule has 2 saturated heterocycles. The number of anilines is 1. The van der Waals surface area contributed by atoms with Gasteiger partial charge in [-0.2, -0.15) is 8.75 Å². The van der Waals surface area contributed by atoms with E-state index in [0.717, 1.165) is 11.7 Å². The normalized spacial score (nSPS) is 21.7. The third kappa shape index (κ3) is 2.79. The topological polar surface area (TPSA) is 100 Å². The van der Waals surface area contributed by atoms with Crippen molar-refractivity contribution >= 4 is 46.3 Å². The molecule has 148 valence electrons. The molecule has 0 unspecified atom stereocenters. The maximum atomic E-state index is 13.1. The van der Waals surface area contributed by atoms with Gasteiger partial charge in [0.15, 0.2) is 0 Å². The van der Waals surface area contributed by atoms with Crippen LogP contribution in [0.5, 0.6) is 0 Å². The fourth-order valence-electron chi connectivity index (χ4n) is 4.08. The molecule has 0 bridgehead atoms. The Labute approximate surface area is 170 Å². The van der Waals surface area contributed by atoms with E-state index in [4.69, 9.17) is 0 Å². The average Bonchev–Trinajstić information content (AvgIpc) is 3.41. The van der Waals surface area contributed by atoms with Crippen LogP contribution in [0.2, 0.25) is 0 Å². The standard InChI is InChI=1S/C19H18N6O3S/c1-23-8-3-6-14(23)17(26)20-11-7-9-24-15(10-11)18(27)25(19(24)28)13-5-2-4-12-16(13)22-29-21-12/h2-6,8,11,15H,7,9-10H2,1H3,(H,20,26)/t11-,15-/m0/s1. The summed E-state index contributed by atoms with van der Waals surface area (Å²) in [4.78, 5) is 41.4. The van der Waals surface area contributed by atoms with Crippen molar-refractivity contribution in [3.63, 3.8) is 0 Å². The summed E-state index contributed by atoms with van der Waals surface area (Å²) in [5.74, 6) is -0.462. The van der Waals surface area contributed by atoms with Crippen molar-refractivity contribution in [1.82, 2.24) is 23.5 Å². The van der Waals surface area contributed by atoms with E-state index in [0.29, 0.717) is 41.8 Å². The van der Waals surface area contributed by atoms with Gasteiger partial charge < -0.3 is 14.8 Å². The molecule has 4 heterocycles. The van der Waals surface area contributed by atoms with Gasteiger partial charge in [-0.1, -0.05) is 6.07 Å². The summed E-state index contributed by atoms with van der Waals surface area (Å²) < 4.78 is 10.2. The number of hydrogen-bond acceptors (Lipinski definition) is 6. The highest BCUT2D eigenvalue weighted by atomic mass is 32.1. The highest BCUT2D eigenvalue weighted by molar-refractivity contribution is 7.00. The van der Waals surface area contributed by atoms with Crippen molar-refractivity contribution < 1.29 is 14.4 Å². The lowest BCUT2D eigenvalue weighted by molar-refractivity contribution is -0.120. The predicted molar refractivity (Wildman–Crippen MR) is 107 cm³/mol. The first-order chi connectivity index (χ1) is 14.0. The minimum Gasteiger partial charge on any atom is -0.348 e. The van der Waals surface area contributed by atoms with E-state index >= 15 is 0 Å². The zero-order valence-corrected chi connectivity index (χ0v) is 16.4. The van der Waals surface area contributed by atoms with Crippen molar-refractivity contribution in [3.8, 4) is 0 Å². The smallest absolute Gasteiger partial charge is 0.332 e. The van der Waals surface area contributed by atoms with Crippen LogP contribution in [0.15, 0.2) is 36.5 Å². The number of piperidine rings is 1. The van der Waals surface area contributed by atoms with Crippen molar-refractivity contribution in [1.29, 1.82) is 0 Å². The van der Waals surface area contributed by atoms with E-state index in [1.165, 1.54) is 4.90 Å². The van der Waals surface area contributed by atoms with E-state index in [2.05, 4.69) is 14.1 Å². The second-order valence-electron chi connectivity index (χ2n) is 7.27. The lowest BCUT2D eigenvalue weighted by Crippen LogP contribution is -2.50. The molecule has 2 fully saturated rings. The van der Waals surface area contributed by atoms with E-state index in [1.54, 1.807) is 33.7 Å². The monoisotopic (exact) mass is 410 g/mol. The minimum atomic E-state index is -0.586. The predicted octanol–water partition coefficient (Wildman–Crippen LogP) is 1.76. The van der Waals surface area contributed by atoms with Gasteiger partial charge in [0, 0.05) is 25.8 Å². The molecule has 5 rings (SSSR count). The van der Waals surface area contributed by atoms with Crippen LogP contribution in [0.4, 0.5) is 10.5 Å². The Bertz CT molecular complexity index is 1140. The summed E-state index contributed by atoms with van der Waals surface area (Å²) in [5.41, 5.74) is 2.23. The molecule has 9 nitrogen and oxygen atoms in total. The Kier molecular flexibility index (Phi) is 4.09. The molecule has 2 aromatic heterocycles. The quantitative estimate of drug-likeness (QED) is 0.663. The number of imide groups is 1. The zero-order valence-electron chi connectivity index (χ0n) is 15.6. The number of amides is 4. The number of urea groups is 1. The molecule has 0 radical (unpaired) electrons. The average molecular weight is 410 g/mol. The molecule has 3 aromatic rings. The number of nitrogens with one attached hydrogen (secondary N) is 1. The third-order valence-corrected chi connectivity index (χ3v) is 6.10. The SMILES string of the molecule is Cn1cccc1C(=O)N[C@H]1CCN2C(=O)N(c3cccc4nsnc34)C(=O)[C@@H]2C1. The lowest BCUT2D eigenvalue weighted by atomic mass is 9.97. The van der Waals surface area contributed by atoms with Crippen LogP contribution in [-0.2, 0) is 11.8 Å². The number of fused-ring (bicyclic) bond motifs is 2. The van der Waals surface area contributed by atoms with Gasteiger partial charge in [-0.25, -0.2) is 9.69 Å². The van der Waals surface area contributed by atoms with E-state index < -0.39 is 6.04 Å². The zero-order chi connectivity index (χ0) is 20.1. The number of rotatable bonds is 3. The number of aromatic nitrogens is 3. The molecular weight excluding hydrogens is 392 g/mol. The summed E-state index contributed by atoms with van der Waals surface area (Å²) in [6.07, 6.45) is 2.80. The minimum absolute atomic E-state index is 0.174. The molecule has 4 amide bonds. The molecule has 0 aliphatic carbocycles. The van der Waals surface area contributed by atoms with Gasteiger partial charge in [0.25, 0.3) is 11.8 Å². The Morgan fingerprint density at radius 3 is 2.86 bits per heavy atom. The van der Waals surface area contributed by atoms with Gasteiger partial charge in [0.05, 0.1) is 17.4 Å². The van der Waals surface area contributed by atoms with Gasteiger partial charge in [0.1, 0.15) is 22.8 Å². The Morgan fingerprint density at radius 2 is 2.07 bits per heavy atom. The number of carbonyl (C=O) groups is 3. The van der Waals surface area contributed by atoms with Crippen LogP contribution in [0, 0.1) is 0 Å². The molecule has 1 N–H and O–H groups in total. The summed E-state index contributed by atoms with van der Waals surface area (Å²) >= 11 is 1.05. The number of hydrogen-bond donors (Lipinski definition) is 1. The fraction of sp³-hybridized carbons (Fsp3) is 0.316. The van der Waals surface area contributed by atoms with Gasteiger partial charge in [-0.05, 0) is 37.1 Å². The van der Waals surface area contributed by atoms with Crippen LogP contribution in [0.3, 0.4) is 0 Å². The third-order valence-electron chi connectivity index (χ3n) is 5.56. The van der Waals surface area contributed by atoms with Crippen molar-refractivity contribution in [2.75, 3.05) is 11.4 Å². The van der Waals surface area contributed by atoms with Crippen LogP contribution < -0.4 is 10.2 Å². The van der Waals surface area contributed by atoms with Crippen LogP contribution >= 0.6 is 11.7 Å². The molecule has 29 heavy (non-hydrogen) atoms. The number of benzene rings is 1. The van der Waals surface area contributed by atoms with Crippen molar-refractivity contribution in [3.05, 3.63) is 42.2 Å². The van der Waals surface area contributed by atoms with Crippen LogP contribution in [0.1, 0.15) is 23.3 Å². The lowest BCUT2D eigenvalue weighted by Gasteiger charge is -2.32. The Morgan fingerprint density at radius 1 is 1.21 bits per heavy atom. The largest absolute Gasteiger partial charge is 0.348 e. The molecular formula is C19H18N6O3S. The highest BCUT2D eigenvalue weighted by Gasteiger charge is 2.49. The number of nitrogens with zero attached hydrogens (tertiary/aromatic N) is 5. The fourth-order valence-corrected chi connectivity index (χ4v) is 4.63. The number of aryl methyl sites for hydroxylation is 1. The Hall–Kier alpha value is -3.27. The summed E-state index contributed by atoms with van der Waals surface area (Å²) in [6.45, 7) is 0.412. The Balaban J connectivity index is 1.37. The van der Waals surface area contributed by atoms with Crippen LogP contribution in [0.25, 0.3) is 11.0 Å². The van der Waals surface area contributed by atoms with Gasteiger partial charge in [-0.15, -0.1) is 0 Å². The van der Waals surface area contributed by atoms with Gasteiger partial charge >= 0.3 is 6.03 Å². The molecule has 0 saturated carbocycles. The first kappa shape index (κ1) is 17.8. The molecule has 10 heteroatoms. The molecule has 1 aromatic carbocycles. The maximum Gasteiger partial charge on any atom is 0.332 e. The second-order valence-corrected chi connectivity index (χ2v) is 7.80. The second kappa shape index (κ2) is 6.66. The molecule has 0 spiro atoms. The first-order valence-corrected chi connectivity index (χ1v) is 10.1. The first-order valence-electron chi connectivity index (χ1n) is 9.32. The maximum absolute atomic E-state index is 13.1. The van der Waals surface area contributed by atoms with Gasteiger partial charge in [-0.3, -0.25) is 9.59 Å². The van der Waals surface area contributed by atoms with E-state index in [1.807, 2.05) is 19.3 Å². The summed E-state index contributed by atoms with van der Waals surface area (Å²) in [7, 11) is 1.81. The van der Waals surface area contributed by atoms with Crippen molar-refractivity contribution in [2.45, 2.75) is 24.9 Å². The van der Waals surface area contributed by atoms with E-state index in [-0.39, 0.29) is 23.9 Å². The van der Waals surface area contributed by atoms with Gasteiger partial charge in [0.2, 0.25) is 0 Å². The molecule has 2 aliphatic heterocycles. The van der Waals surface area contributed by atoms with E-state index in [9.17, 15) is 14.4 Å². The molecule has 2 atom stereocenters. The summed E-state index contributed by atoms with van der Waals surface area (Å²) in [6, 6.07) is 7.74. The number of carbonyl (C=O) groups excluding carboxylic acids is 3. The molecule has 2 aliphatic rings. The van der Waals surface area contributed by atoms with Crippen molar-refractivity contribution in [2.24, 2.45) is 7.05 Å². The highest BCUT2D eigenvalue weighted by Crippen LogP contribution is 2.34.